The van der Waals surface area contributed by atoms with Crippen molar-refractivity contribution in [1.82, 2.24) is 0 Å². The van der Waals surface area contributed by atoms with E-state index in [4.69, 9.17) is 5.73 Å². The van der Waals surface area contributed by atoms with E-state index in [-0.39, 0.29) is 12.3 Å². The largest absolute Gasteiger partial charge is 0.324 e. The molecule has 0 aromatic heterocycles. The first-order valence-corrected chi connectivity index (χ1v) is 7.11. The molecule has 0 bridgehead atoms. The molecule has 0 spiro atoms. The number of carbonyl (C=O) groups excluding carboxylic acids is 1. The number of ketones is 1. The molecule has 0 aliphatic rings. The fourth-order valence-corrected chi connectivity index (χ4v) is 3.35. The van der Waals surface area contributed by atoms with Crippen molar-refractivity contribution in [2.75, 3.05) is 6.54 Å². The first-order chi connectivity index (χ1) is 10.2. The van der Waals surface area contributed by atoms with Crippen LogP contribution in [0.4, 0.5) is 0 Å². The molecule has 2 heteroatoms. The SMILES string of the molecule is Cc1cc(C(=O)CN)c2ccc3cccc4ccc1c2c43. The third kappa shape index (κ3) is 1.60. The minimum atomic E-state index is -0.00367. The average Bonchev–Trinajstić information content (AvgIpc) is 2.53. The van der Waals surface area contributed by atoms with Gasteiger partial charge in [-0.05, 0) is 50.9 Å². The molecule has 0 heterocycles. The molecule has 21 heavy (non-hydrogen) atoms. The molecule has 0 atom stereocenters. The molecule has 0 radical (unpaired) electrons. The standard InChI is InChI=1S/C19H15NO/c1-11-9-16(17(21)10-20)15-8-6-13-4-2-3-12-5-7-14(11)19(15)18(12)13/h2-9H,10,20H2,1H3. The molecule has 0 fully saturated rings. The first kappa shape index (κ1) is 12.3. The molecular formula is C19H15NO. The lowest BCUT2D eigenvalue weighted by Crippen LogP contribution is -2.14. The summed E-state index contributed by atoms with van der Waals surface area (Å²) >= 11 is 0. The summed E-state index contributed by atoms with van der Waals surface area (Å²) in [6, 6.07) is 16.7. The summed E-state index contributed by atoms with van der Waals surface area (Å²) < 4.78 is 0. The van der Waals surface area contributed by atoms with Gasteiger partial charge in [0.05, 0.1) is 6.54 Å². The quantitative estimate of drug-likeness (QED) is 0.442. The van der Waals surface area contributed by atoms with Crippen molar-refractivity contribution in [3.05, 3.63) is 59.7 Å². The van der Waals surface area contributed by atoms with Gasteiger partial charge in [-0.3, -0.25) is 4.79 Å². The molecule has 0 aliphatic carbocycles. The zero-order valence-electron chi connectivity index (χ0n) is 11.8. The van der Waals surface area contributed by atoms with Crippen molar-refractivity contribution < 1.29 is 4.79 Å². The van der Waals surface area contributed by atoms with E-state index in [1.54, 1.807) is 0 Å². The van der Waals surface area contributed by atoms with Crippen LogP contribution in [0.3, 0.4) is 0 Å². The molecule has 0 saturated heterocycles. The lowest BCUT2D eigenvalue weighted by Gasteiger charge is -2.15. The maximum absolute atomic E-state index is 12.2. The highest BCUT2D eigenvalue weighted by molar-refractivity contribution is 6.27. The summed E-state index contributed by atoms with van der Waals surface area (Å²) in [6.45, 7) is 2.10. The fraction of sp³-hybridized carbons (Fsp3) is 0.105. The van der Waals surface area contributed by atoms with Crippen LogP contribution in [-0.4, -0.2) is 12.3 Å². The zero-order valence-corrected chi connectivity index (χ0v) is 11.8. The number of aryl methyl sites for hydroxylation is 1. The van der Waals surface area contributed by atoms with Crippen LogP contribution in [0.5, 0.6) is 0 Å². The van der Waals surface area contributed by atoms with Crippen LogP contribution in [0.15, 0.2) is 48.5 Å². The van der Waals surface area contributed by atoms with Gasteiger partial charge in [-0.15, -0.1) is 0 Å². The van der Waals surface area contributed by atoms with Crippen molar-refractivity contribution >= 4 is 38.1 Å². The Morgan fingerprint density at radius 3 is 2.29 bits per heavy atom. The molecule has 4 aromatic carbocycles. The van der Waals surface area contributed by atoms with Gasteiger partial charge in [0.1, 0.15) is 0 Å². The summed E-state index contributed by atoms with van der Waals surface area (Å²) in [6.07, 6.45) is 0. The molecule has 2 nitrogen and oxygen atoms in total. The monoisotopic (exact) mass is 273 g/mol. The van der Waals surface area contributed by atoms with Crippen LogP contribution in [0, 0.1) is 6.92 Å². The Hall–Kier alpha value is -2.45. The number of nitrogens with two attached hydrogens (primary N) is 1. The van der Waals surface area contributed by atoms with E-state index in [1.807, 2.05) is 12.1 Å². The molecule has 0 unspecified atom stereocenters. The predicted octanol–water partition coefficient (Wildman–Crippen LogP) is 4.03. The molecule has 102 valence electrons. The van der Waals surface area contributed by atoms with Crippen molar-refractivity contribution in [1.29, 1.82) is 0 Å². The lowest BCUT2D eigenvalue weighted by molar-refractivity contribution is 0.100. The smallest absolute Gasteiger partial charge is 0.177 e. The third-order valence-electron chi connectivity index (χ3n) is 4.34. The second kappa shape index (κ2) is 4.27. The second-order valence-electron chi connectivity index (χ2n) is 5.55. The molecule has 2 N–H and O–H groups in total. The van der Waals surface area contributed by atoms with Gasteiger partial charge in [-0.25, -0.2) is 0 Å². The predicted molar refractivity (Wildman–Crippen MR) is 88.3 cm³/mol. The van der Waals surface area contributed by atoms with E-state index in [1.165, 1.54) is 26.9 Å². The van der Waals surface area contributed by atoms with Crippen LogP contribution in [0.25, 0.3) is 32.3 Å². The van der Waals surface area contributed by atoms with Gasteiger partial charge in [-0.2, -0.15) is 0 Å². The summed E-state index contributed by atoms with van der Waals surface area (Å²) in [5.41, 5.74) is 7.44. The van der Waals surface area contributed by atoms with Crippen molar-refractivity contribution in [2.45, 2.75) is 6.92 Å². The Bertz CT molecular complexity index is 985. The Morgan fingerprint density at radius 2 is 1.62 bits per heavy atom. The first-order valence-electron chi connectivity index (χ1n) is 7.11. The van der Waals surface area contributed by atoms with Crippen LogP contribution < -0.4 is 5.73 Å². The molecule has 0 saturated carbocycles. The highest BCUT2D eigenvalue weighted by Gasteiger charge is 2.15. The number of rotatable bonds is 2. The van der Waals surface area contributed by atoms with E-state index in [2.05, 4.69) is 43.3 Å². The minimum Gasteiger partial charge on any atom is -0.324 e. The van der Waals surface area contributed by atoms with Crippen LogP contribution >= 0.6 is 0 Å². The van der Waals surface area contributed by atoms with Crippen LogP contribution in [0.2, 0.25) is 0 Å². The maximum atomic E-state index is 12.2. The maximum Gasteiger partial charge on any atom is 0.177 e. The molecular weight excluding hydrogens is 258 g/mol. The summed E-state index contributed by atoms with van der Waals surface area (Å²) in [4.78, 5) is 12.2. The molecule has 0 aliphatic heterocycles. The van der Waals surface area contributed by atoms with Gasteiger partial charge < -0.3 is 5.73 Å². The van der Waals surface area contributed by atoms with Gasteiger partial charge in [0.25, 0.3) is 0 Å². The topological polar surface area (TPSA) is 43.1 Å². The van der Waals surface area contributed by atoms with E-state index in [0.717, 1.165) is 16.5 Å². The minimum absolute atomic E-state index is 0.00367. The Labute approximate surface area is 122 Å². The van der Waals surface area contributed by atoms with E-state index in [0.29, 0.717) is 0 Å². The van der Waals surface area contributed by atoms with Crippen LogP contribution in [-0.2, 0) is 0 Å². The second-order valence-corrected chi connectivity index (χ2v) is 5.55. The fourth-order valence-electron chi connectivity index (χ4n) is 3.35. The molecule has 4 rings (SSSR count). The van der Waals surface area contributed by atoms with Gasteiger partial charge in [0, 0.05) is 5.56 Å². The van der Waals surface area contributed by atoms with Gasteiger partial charge in [-0.1, -0.05) is 42.5 Å². The Kier molecular flexibility index (Phi) is 2.50. The highest BCUT2D eigenvalue weighted by Crippen LogP contribution is 2.37. The van der Waals surface area contributed by atoms with Crippen molar-refractivity contribution in [3.63, 3.8) is 0 Å². The average molecular weight is 273 g/mol. The number of hydrogen-bond acceptors (Lipinski definition) is 2. The third-order valence-corrected chi connectivity index (χ3v) is 4.34. The number of benzene rings is 4. The normalized spacial score (nSPS) is 11.7. The van der Waals surface area contributed by atoms with E-state index in [9.17, 15) is 4.79 Å². The lowest BCUT2D eigenvalue weighted by atomic mass is 9.88. The molecule has 0 amide bonds. The van der Waals surface area contributed by atoms with Crippen LogP contribution in [0.1, 0.15) is 15.9 Å². The van der Waals surface area contributed by atoms with E-state index < -0.39 is 0 Å². The van der Waals surface area contributed by atoms with Gasteiger partial charge in [0.15, 0.2) is 5.78 Å². The number of carbonyl (C=O) groups is 1. The summed E-state index contributed by atoms with van der Waals surface area (Å²) in [5, 5.41) is 7.06. The number of Topliss-reactive ketones (excluding diaryl/α,β-unsaturated/α-hetero) is 1. The summed E-state index contributed by atoms with van der Waals surface area (Å²) in [7, 11) is 0. The Morgan fingerprint density at radius 1 is 0.952 bits per heavy atom. The van der Waals surface area contributed by atoms with E-state index >= 15 is 0 Å². The van der Waals surface area contributed by atoms with Gasteiger partial charge >= 0.3 is 0 Å². The van der Waals surface area contributed by atoms with Crippen molar-refractivity contribution in [2.24, 2.45) is 5.73 Å². The number of hydrogen-bond donors (Lipinski definition) is 1. The highest BCUT2D eigenvalue weighted by atomic mass is 16.1. The zero-order chi connectivity index (χ0) is 14.6. The van der Waals surface area contributed by atoms with Gasteiger partial charge in [0.2, 0.25) is 0 Å². The Balaban J connectivity index is 2.33. The molecule has 4 aromatic rings. The van der Waals surface area contributed by atoms with Crippen molar-refractivity contribution in [3.8, 4) is 0 Å². The summed E-state index contributed by atoms with van der Waals surface area (Å²) in [5.74, 6) is -0.00367.